The topological polar surface area (TPSA) is 38.9 Å². The molecule has 2 aromatic rings. The van der Waals surface area contributed by atoms with Gasteiger partial charge in [0.05, 0.1) is 26.9 Å². The van der Waals surface area contributed by atoms with E-state index in [1.807, 2.05) is 0 Å². The second-order valence-electron chi connectivity index (χ2n) is 3.21. The number of nitrogens with two attached hydrogens (primary N) is 1. The number of halogens is 3. The summed E-state index contributed by atoms with van der Waals surface area (Å²) in [7, 11) is 0. The number of nitrogen functional groups attached to an aromatic ring is 1. The fourth-order valence-corrected chi connectivity index (χ4v) is 2.17. The first-order chi connectivity index (χ1) is 7.00. The third-order valence-corrected chi connectivity index (χ3v) is 3.14. The predicted molar refractivity (Wildman–Crippen MR) is 65.9 cm³/mol. The summed E-state index contributed by atoms with van der Waals surface area (Å²) in [5.74, 6) is 0. The minimum absolute atomic E-state index is 0.437. The molecule has 0 aliphatic rings. The Balaban J connectivity index is 2.99. The maximum atomic E-state index is 6.03. The van der Waals surface area contributed by atoms with Crippen molar-refractivity contribution in [1.82, 2.24) is 4.98 Å². The van der Waals surface area contributed by atoms with Crippen LogP contribution in [-0.2, 0) is 0 Å². The molecule has 1 aromatic heterocycles. The van der Waals surface area contributed by atoms with Gasteiger partial charge in [-0.1, -0.05) is 34.8 Å². The number of rotatable bonds is 0. The van der Waals surface area contributed by atoms with Crippen molar-refractivity contribution in [3.8, 4) is 0 Å². The lowest BCUT2D eigenvalue weighted by molar-refractivity contribution is 1.26. The first-order valence-corrected chi connectivity index (χ1v) is 5.34. The summed E-state index contributed by atoms with van der Waals surface area (Å²) in [5, 5.41) is 2.08. The van der Waals surface area contributed by atoms with Gasteiger partial charge < -0.3 is 5.73 Å². The number of nitrogens with zero attached hydrogens (tertiary/aromatic N) is 1. The molecule has 0 bridgehead atoms. The Morgan fingerprint density at radius 1 is 1.20 bits per heavy atom. The van der Waals surface area contributed by atoms with Crippen LogP contribution in [0.1, 0.15) is 5.69 Å². The van der Waals surface area contributed by atoms with Crippen molar-refractivity contribution in [2.75, 3.05) is 5.73 Å². The first-order valence-electron chi connectivity index (χ1n) is 4.21. The van der Waals surface area contributed by atoms with Crippen LogP contribution in [0.5, 0.6) is 0 Å². The molecule has 1 heterocycles. The molecule has 0 spiro atoms. The van der Waals surface area contributed by atoms with E-state index < -0.39 is 0 Å². The molecule has 2 nitrogen and oxygen atoms in total. The molecule has 1 aromatic carbocycles. The van der Waals surface area contributed by atoms with E-state index in [1.165, 1.54) is 0 Å². The largest absolute Gasteiger partial charge is 0.397 e. The summed E-state index contributed by atoms with van der Waals surface area (Å²) < 4.78 is 0. The van der Waals surface area contributed by atoms with Crippen LogP contribution in [0, 0.1) is 6.92 Å². The van der Waals surface area contributed by atoms with Gasteiger partial charge >= 0.3 is 0 Å². The number of benzene rings is 1. The maximum absolute atomic E-state index is 6.03. The van der Waals surface area contributed by atoms with E-state index in [-0.39, 0.29) is 0 Å². The van der Waals surface area contributed by atoms with E-state index in [0.29, 0.717) is 37.4 Å². The van der Waals surface area contributed by atoms with Crippen LogP contribution in [0.3, 0.4) is 0 Å². The molecule has 15 heavy (non-hydrogen) atoms. The van der Waals surface area contributed by atoms with Crippen molar-refractivity contribution in [3.05, 3.63) is 32.9 Å². The zero-order chi connectivity index (χ0) is 11.2. The SMILES string of the molecule is Cc1nc2cc(Cl)cc(Cl)c2c(N)c1Cl. The van der Waals surface area contributed by atoms with Crippen LogP contribution in [0.2, 0.25) is 15.1 Å². The van der Waals surface area contributed by atoms with Gasteiger partial charge in [0.2, 0.25) is 0 Å². The van der Waals surface area contributed by atoms with E-state index in [2.05, 4.69) is 4.98 Å². The molecule has 0 aliphatic heterocycles. The Labute approximate surface area is 102 Å². The molecule has 5 heteroatoms. The van der Waals surface area contributed by atoms with Crippen molar-refractivity contribution in [2.45, 2.75) is 6.92 Å². The smallest absolute Gasteiger partial charge is 0.0854 e. The Bertz CT molecular complexity index is 552. The van der Waals surface area contributed by atoms with E-state index in [1.54, 1.807) is 19.1 Å². The average Bonchev–Trinajstić information content (AvgIpc) is 2.13. The Kier molecular flexibility index (Phi) is 2.67. The Morgan fingerprint density at radius 2 is 1.87 bits per heavy atom. The summed E-state index contributed by atoms with van der Waals surface area (Å²) in [6.45, 7) is 1.78. The monoisotopic (exact) mass is 260 g/mol. The number of pyridine rings is 1. The standard InChI is InChI=1S/C10H7Cl3N2/c1-4-9(13)10(14)8-6(12)2-5(11)3-7(8)15-4/h2-3H,1H3,(H2,14,15). The molecular weight excluding hydrogens is 254 g/mol. The number of aromatic nitrogens is 1. The van der Waals surface area contributed by atoms with Crippen LogP contribution in [-0.4, -0.2) is 4.98 Å². The molecule has 0 atom stereocenters. The summed E-state index contributed by atoms with van der Waals surface area (Å²) >= 11 is 17.9. The number of hydrogen-bond acceptors (Lipinski definition) is 2. The fraction of sp³-hybridized carbons (Fsp3) is 0.100. The molecule has 0 amide bonds. The van der Waals surface area contributed by atoms with Crippen LogP contribution >= 0.6 is 34.8 Å². The zero-order valence-electron chi connectivity index (χ0n) is 7.81. The third kappa shape index (κ3) is 1.73. The number of fused-ring (bicyclic) bond motifs is 1. The molecule has 0 unspecified atom stereocenters. The molecular formula is C10H7Cl3N2. The van der Waals surface area contributed by atoms with Gasteiger partial charge in [0, 0.05) is 10.4 Å². The van der Waals surface area contributed by atoms with Crippen molar-refractivity contribution < 1.29 is 0 Å². The van der Waals surface area contributed by atoms with Crippen molar-refractivity contribution in [2.24, 2.45) is 0 Å². The highest BCUT2D eigenvalue weighted by Gasteiger charge is 2.11. The number of anilines is 1. The van der Waals surface area contributed by atoms with Gasteiger partial charge in [-0.3, -0.25) is 4.98 Å². The average molecular weight is 262 g/mol. The van der Waals surface area contributed by atoms with E-state index >= 15 is 0 Å². The summed E-state index contributed by atoms with van der Waals surface area (Å²) in [6, 6.07) is 3.33. The van der Waals surface area contributed by atoms with Gasteiger partial charge in [0.15, 0.2) is 0 Å². The van der Waals surface area contributed by atoms with Crippen LogP contribution < -0.4 is 5.73 Å². The van der Waals surface area contributed by atoms with Crippen LogP contribution in [0.4, 0.5) is 5.69 Å². The van der Waals surface area contributed by atoms with Crippen molar-refractivity contribution >= 4 is 51.4 Å². The van der Waals surface area contributed by atoms with Gasteiger partial charge in [-0.25, -0.2) is 0 Å². The van der Waals surface area contributed by atoms with Crippen molar-refractivity contribution in [1.29, 1.82) is 0 Å². The summed E-state index contributed by atoms with van der Waals surface area (Å²) in [6.07, 6.45) is 0. The molecule has 0 fully saturated rings. The van der Waals surface area contributed by atoms with Crippen molar-refractivity contribution in [3.63, 3.8) is 0 Å². The maximum Gasteiger partial charge on any atom is 0.0854 e. The van der Waals surface area contributed by atoms with E-state index in [9.17, 15) is 0 Å². The molecule has 2 rings (SSSR count). The number of aryl methyl sites for hydroxylation is 1. The highest BCUT2D eigenvalue weighted by atomic mass is 35.5. The molecule has 78 valence electrons. The fourth-order valence-electron chi connectivity index (χ4n) is 1.45. The van der Waals surface area contributed by atoms with E-state index in [4.69, 9.17) is 40.5 Å². The molecule has 0 aliphatic carbocycles. The van der Waals surface area contributed by atoms with Gasteiger partial charge in [0.1, 0.15) is 0 Å². The molecule has 0 saturated carbocycles. The highest BCUT2D eigenvalue weighted by molar-refractivity contribution is 6.41. The normalized spacial score (nSPS) is 10.9. The summed E-state index contributed by atoms with van der Waals surface area (Å²) in [5.41, 5.74) is 7.64. The van der Waals surface area contributed by atoms with Gasteiger partial charge in [-0.2, -0.15) is 0 Å². The van der Waals surface area contributed by atoms with Gasteiger partial charge in [0.25, 0.3) is 0 Å². The van der Waals surface area contributed by atoms with Crippen LogP contribution in [0.15, 0.2) is 12.1 Å². The first kappa shape index (κ1) is 10.8. The minimum Gasteiger partial charge on any atom is -0.397 e. The highest BCUT2D eigenvalue weighted by Crippen LogP contribution is 2.35. The Hall–Kier alpha value is -0.700. The van der Waals surface area contributed by atoms with Crippen LogP contribution in [0.25, 0.3) is 10.9 Å². The lowest BCUT2D eigenvalue weighted by atomic mass is 10.1. The second-order valence-corrected chi connectivity index (χ2v) is 4.43. The summed E-state index contributed by atoms with van der Waals surface area (Å²) in [4.78, 5) is 4.28. The third-order valence-electron chi connectivity index (χ3n) is 2.15. The lowest BCUT2D eigenvalue weighted by Gasteiger charge is -2.08. The molecule has 2 N–H and O–H groups in total. The molecule has 0 saturated heterocycles. The Morgan fingerprint density at radius 3 is 2.53 bits per heavy atom. The van der Waals surface area contributed by atoms with Gasteiger partial charge in [-0.05, 0) is 19.1 Å². The zero-order valence-corrected chi connectivity index (χ0v) is 10.1. The second kappa shape index (κ2) is 3.71. The van der Waals surface area contributed by atoms with Gasteiger partial charge in [-0.15, -0.1) is 0 Å². The molecule has 0 radical (unpaired) electrons. The lowest BCUT2D eigenvalue weighted by Crippen LogP contribution is -1.95. The van der Waals surface area contributed by atoms with E-state index in [0.717, 1.165) is 0 Å². The minimum atomic E-state index is 0.437. The number of hydrogen-bond donors (Lipinski definition) is 1. The quantitative estimate of drug-likeness (QED) is 0.776. The predicted octanol–water partition coefficient (Wildman–Crippen LogP) is 4.09.